The van der Waals surface area contributed by atoms with Crippen molar-refractivity contribution in [2.24, 2.45) is 7.05 Å². The van der Waals surface area contributed by atoms with E-state index in [0.717, 1.165) is 13.0 Å². The van der Waals surface area contributed by atoms with Gasteiger partial charge in [-0.25, -0.2) is 0 Å². The van der Waals surface area contributed by atoms with Crippen LogP contribution in [-0.4, -0.2) is 16.3 Å². The van der Waals surface area contributed by atoms with Crippen LogP contribution in [0.15, 0.2) is 30.5 Å². The van der Waals surface area contributed by atoms with Gasteiger partial charge < -0.3 is 5.32 Å². The molecular weight excluding hydrogens is 210 g/mol. The van der Waals surface area contributed by atoms with E-state index in [4.69, 9.17) is 0 Å². The van der Waals surface area contributed by atoms with E-state index in [-0.39, 0.29) is 0 Å². The Hall–Kier alpha value is -1.77. The second-order valence-corrected chi connectivity index (χ2v) is 4.60. The molecule has 0 spiro atoms. The van der Waals surface area contributed by atoms with Crippen LogP contribution in [0.3, 0.4) is 0 Å². The van der Waals surface area contributed by atoms with E-state index in [0.29, 0.717) is 0 Å². The minimum atomic E-state index is 0.951. The van der Waals surface area contributed by atoms with Gasteiger partial charge in [0.15, 0.2) is 0 Å². The Morgan fingerprint density at radius 3 is 3.12 bits per heavy atom. The molecule has 1 aliphatic rings. The number of nitrogens with zero attached hydrogens (tertiary/aromatic N) is 2. The third-order valence-electron chi connectivity index (χ3n) is 3.46. The van der Waals surface area contributed by atoms with Crippen molar-refractivity contribution in [2.45, 2.75) is 19.3 Å². The Bertz CT molecular complexity index is 528. The molecule has 2 heterocycles. The standard InChI is InChI=1S/C14H17N3/c1-17-13(7-9-16-17)10-12-5-2-4-11-6-3-8-15-14(11)12/h2,4-5,7,9,15H,3,6,8,10H2,1H3. The van der Waals surface area contributed by atoms with Crippen molar-refractivity contribution in [1.29, 1.82) is 0 Å². The van der Waals surface area contributed by atoms with Crippen molar-refractivity contribution >= 4 is 5.69 Å². The van der Waals surface area contributed by atoms with Gasteiger partial charge in [-0.3, -0.25) is 4.68 Å². The molecule has 0 bridgehead atoms. The van der Waals surface area contributed by atoms with Crippen LogP contribution < -0.4 is 5.32 Å². The Morgan fingerprint density at radius 2 is 2.29 bits per heavy atom. The lowest BCUT2D eigenvalue weighted by molar-refractivity contribution is 0.723. The van der Waals surface area contributed by atoms with Gasteiger partial charge in [0.05, 0.1) is 0 Å². The molecule has 17 heavy (non-hydrogen) atoms. The molecule has 0 aliphatic carbocycles. The van der Waals surface area contributed by atoms with Gasteiger partial charge in [-0.2, -0.15) is 5.10 Å². The maximum atomic E-state index is 4.22. The zero-order valence-electron chi connectivity index (χ0n) is 10.1. The number of fused-ring (bicyclic) bond motifs is 1. The molecule has 0 radical (unpaired) electrons. The van der Waals surface area contributed by atoms with Crippen LogP contribution in [0.1, 0.15) is 23.2 Å². The van der Waals surface area contributed by atoms with E-state index in [1.807, 2.05) is 17.9 Å². The van der Waals surface area contributed by atoms with Crippen molar-refractivity contribution in [3.05, 3.63) is 47.3 Å². The highest BCUT2D eigenvalue weighted by atomic mass is 15.2. The molecule has 2 aromatic rings. The lowest BCUT2D eigenvalue weighted by atomic mass is 9.97. The molecule has 0 saturated carbocycles. The van der Waals surface area contributed by atoms with Crippen LogP contribution in [0.2, 0.25) is 0 Å². The van der Waals surface area contributed by atoms with Crippen LogP contribution in [0.25, 0.3) is 0 Å². The van der Waals surface area contributed by atoms with Gasteiger partial charge in [0.25, 0.3) is 0 Å². The molecule has 1 aromatic carbocycles. The summed E-state index contributed by atoms with van der Waals surface area (Å²) in [6, 6.07) is 8.69. The smallest absolute Gasteiger partial charge is 0.0492 e. The van der Waals surface area contributed by atoms with Crippen molar-refractivity contribution in [1.82, 2.24) is 9.78 Å². The monoisotopic (exact) mass is 227 g/mol. The molecule has 3 nitrogen and oxygen atoms in total. The van der Waals surface area contributed by atoms with Crippen molar-refractivity contribution < 1.29 is 0 Å². The summed E-state index contributed by atoms with van der Waals surface area (Å²) >= 11 is 0. The zero-order chi connectivity index (χ0) is 11.7. The molecule has 0 amide bonds. The molecule has 0 fully saturated rings. The number of nitrogens with one attached hydrogen (secondary N) is 1. The Morgan fingerprint density at radius 1 is 1.35 bits per heavy atom. The summed E-state index contributed by atoms with van der Waals surface area (Å²) in [6.07, 6.45) is 5.24. The topological polar surface area (TPSA) is 29.9 Å². The lowest BCUT2D eigenvalue weighted by Gasteiger charge is -2.21. The molecular formula is C14H17N3. The van der Waals surface area contributed by atoms with E-state index in [9.17, 15) is 0 Å². The Labute approximate surface area is 101 Å². The molecule has 1 aromatic heterocycles. The Balaban J connectivity index is 1.95. The maximum Gasteiger partial charge on any atom is 0.0492 e. The maximum absolute atomic E-state index is 4.22. The van der Waals surface area contributed by atoms with E-state index in [1.54, 1.807) is 0 Å². The number of hydrogen-bond donors (Lipinski definition) is 1. The Kier molecular flexibility index (Phi) is 2.59. The normalized spacial score (nSPS) is 14.2. The predicted molar refractivity (Wildman–Crippen MR) is 69.3 cm³/mol. The molecule has 0 atom stereocenters. The molecule has 1 N–H and O–H groups in total. The van der Waals surface area contributed by atoms with Gasteiger partial charge in [0, 0.05) is 37.6 Å². The highest BCUT2D eigenvalue weighted by molar-refractivity contribution is 5.60. The van der Waals surface area contributed by atoms with Gasteiger partial charge in [-0.1, -0.05) is 18.2 Å². The summed E-state index contributed by atoms with van der Waals surface area (Å²) in [5.41, 5.74) is 5.44. The fourth-order valence-electron chi connectivity index (χ4n) is 2.50. The third-order valence-corrected chi connectivity index (χ3v) is 3.46. The average molecular weight is 227 g/mol. The first-order chi connectivity index (χ1) is 8.34. The van der Waals surface area contributed by atoms with E-state index in [2.05, 4.69) is 34.7 Å². The molecule has 1 aliphatic heterocycles. The number of hydrogen-bond acceptors (Lipinski definition) is 2. The molecule has 3 rings (SSSR count). The first-order valence-electron chi connectivity index (χ1n) is 6.16. The fraction of sp³-hybridized carbons (Fsp3) is 0.357. The first-order valence-corrected chi connectivity index (χ1v) is 6.16. The average Bonchev–Trinajstić information content (AvgIpc) is 2.76. The summed E-state index contributed by atoms with van der Waals surface area (Å²) in [6.45, 7) is 1.09. The predicted octanol–water partition coefficient (Wildman–Crippen LogP) is 2.37. The van der Waals surface area contributed by atoms with Crippen molar-refractivity contribution in [2.75, 3.05) is 11.9 Å². The lowest BCUT2D eigenvalue weighted by Crippen LogP contribution is -2.14. The van der Waals surface area contributed by atoms with Crippen LogP contribution >= 0.6 is 0 Å². The SMILES string of the molecule is Cn1nccc1Cc1cccc2c1NCCC2. The summed E-state index contributed by atoms with van der Waals surface area (Å²) in [5, 5.41) is 7.75. The second-order valence-electron chi connectivity index (χ2n) is 4.60. The summed E-state index contributed by atoms with van der Waals surface area (Å²) in [5.74, 6) is 0. The largest absolute Gasteiger partial charge is 0.385 e. The van der Waals surface area contributed by atoms with Crippen LogP contribution in [-0.2, 0) is 19.9 Å². The molecule has 0 unspecified atom stereocenters. The number of para-hydroxylation sites is 1. The van der Waals surface area contributed by atoms with Gasteiger partial charge in [-0.05, 0) is 30.0 Å². The van der Waals surface area contributed by atoms with Gasteiger partial charge >= 0.3 is 0 Å². The van der Waals surface area contributed by atoms with Crippen LogP contribution in [0, 0.1) is 0 Å². The van der Waals surface area contributed by atoms with Gasteiger partial charge in [0.2, 0.25) is 0 Å². The minimum Gasteiger partial charge on any atom is -0.385 e. The van der Waals surface area contributed by atoms with Crippen molar-refractivity contribution in [3.63, 3.8) is 0 Å². The first kappa shape index (κ1) is 10.4. The summed E-state index contributed by atoms with van der Waals surface area (Å²) in [4.78, 5) is 0. The molecule has 3 heteroatoms. The van der Waals surface area contributed by atoms with E-state index >= 15 is 0 Å². The number of aromatic nitrogens is 2. The summed E-state index contributed by atoms with van der Waals surface area (Å²) < 4.78 is 1.95. The minimum absolute atomic E-state index is 0.951. The van der Waals surface area contributed by atoms with Gasteiger partial charge in [0.1, 0.15) is 0 Å². The van der Waals surface area contributed by atoms with Gasteiger partial charge in [-0.15, -0.1) is 0 Å². The summed E-state index contributed by atoms with van der Waals surface area (Å²) in [7, 11) is 2.00. The number of anilines is 1. The number of rotatable bonds is 2. The number of benzene rings is 1. The third kappa shape index (κ3) is 1.93. The van der Waals surface area contributed by atoms with Crippen LogP contribution in [0.5, 0.6) is 0 Å². The highest BCUT2D eigenvalue weighted by Gasteiger charge is 2.13. The van der Waals surface area contributed by atoms with E-state index in [1.165, 1.54) is 35.3 Å². The molecule has 0 saturated heterocycles. The second kappa shape index (κ2) is 4.24. The van der Waals surface area contributed by atoms with Crippen molar-refractivity contribution in [3.8, 4) is 0 Å². The zero-order valence-corrected chi connectivity index (χ0v) is 10.1. The van der Waals surface area contributed by atoms with Crippen LogP contribution in [0.4, 0.5) is 5.69 Å². The highest BCUT2D eigenvalue weighted by Crippen LogP contribution is 2.27. The van der Waals surface area contributed by atoms with E-state index < -0.39 is 0 Å². The quantitative estimate of drug-likeness (QED) is 0.853. The molecule has 88 valence electrons. The fourth-order valence-corrected chi connectivity index (χ4v) is 2.50. The number of aryl methyl sites for hydroxylation is 2.